The van der Waals surface area contributed by atoms with E-state index in [-0.39, 0.29) is 11.9 Å². The van der Waals surface area contributed by atoms with Crippen molar-refractivity contribution in [1.29, 1.82) is 0 Å². The molecule has 2 aromatic rings. The van der Waals surface area contributed by atoms with E-state index in [4.69, 9.17) is 11.6 Å². The van der Waals surface area contributed by atoms with Gasteiger partial charge in [0.15, 0.2) is 0 Å². The van der Waals surface area contributed by atoms with Crippen molar-refractivity contribution in [2.45, 2.75) is 10.9 Å². The van der Waals surface area contributed by atoms with Gasteiger partial charge in [-0.1, -0.05) is 35.9 Å². The minimum Gasteiger partial charge on any atom is -0.312 e. The highest BCUT2D eigenvalue weighted by Crippen LogP contribution is 2.31. The molecule has 1 unspecified atom stereocenters. The van der Waals surface area contributed by atoms with Crippen LogP contribution in [-0.4, -0.2) is 12.8 Å². The summed E-state index contributed by atoms with van der Waals surface area (Å²) in [6.45, 7) is 0. The fourth-order valence-corrected chi connectivity index (χ4v) is 3.61. The highest BCUT2D eigenvalue weighted by Gasteiger charge is 2.16. The number of hydrogen-bond acceptors (Lipinski definition) is 2. The van der Waals surface area contributed by atoms with Gasteiger partial charge >= 0.3 is 0 Å². The molecule has 1 N–H and O–H groups in total. The van der Waals surface area contributed by atoms with Crippen molar-refractivity contribution in [2.75, 3.05) is 12.8 Å². The lowest BCUT2D eigenvalue weighted by Gasteiger charge is -2.18. The van der Waals surface area contributed by atoms with E-state index in [0.29, 0.717) is 15.8 Å². The summed E-state index contributed by atoms with van der Waals surface area (Å²) in [5, 5.41) is 3.88. The van der Waals surface area contributed by atoms with Crippen molar-refractivity contribution in [3.63, 3.8) is 0 Å². The second-order valence-electron chi connectivity index (χ2n) is 4.23. The van der Waals surface area contributed by atoms with Gasteiger partial charge in [-0.05, 0) is 41.2 Å². The van der Waals surface area contributed by atoms with Crippen LogP contribution in [0.3, 0.4) is 0 Å². The molecule has 1 atom stereocenters. The van der Waals surface area contributed by atoms with E-state index in [1.165, 1.54) is 0 Å². The van der Waals surface area contributed by atoms with Gasteiger partial charge in [-0.15, -0.1) is 11.8 Å². The zero-order valence-corrected chi connectivity index (χ0v) is 14.0. The third-order valence-corrected chi connectivity index (χ3v) is 5.17. The SMILES string of the molecule is CNC(CSc1ccccc1Cl)c1cccc(Br)c1F. The lowest BCUT2D eigenvalue weighted by Crippen LogP contribution is -2.20. The average Bonchev–Trinajstić information content (AvgIpc) is 2.45. The third-order valence-electron chi connectivity index (χ3n) is 2.95. The standard InChI is InChI=1S/C15H14BrClFNS/c1-19-13(10-5-4-6-11(16)15(10)18)9-20-14-8-3-2-7-12(14)17/h2-8,13,19H,9H2,1H3. The highest BCUT2D eigenvalue weighted by atomic mass is 79.9. The Morgan fingerprint density at radius 2 is 2.00 bits per heavy atom. The van der Waals surface area contributed by atoms with Crippen LogP contribution in [0.25, 0.3) is 0 Å². The number of halogens is 3. The maximum Gasteiger partial charge on any atom is 0.142 e. The van der Waals surface area contributed by atoms with Gasteiger partial charge in [0.25, 0.3) is 0 Å². The monoisotopic (exact) mass is 373 g/mol. The van der Waals surface area contributed by atoms with Gasteiger partial charge in [-0.25, -0.2) is 4.39 Å². The zero-order chi connectivity index (χ0) is 14.5. The van der Waals surface area contributed by atoms with E-state index >= 15 is 0 Å². The summed E-state index contributed by atoms with van der Waals surface area (Å²) >= 11 is 11.0. The summed E-state index contributed by atoms with van der Waals surface area (Å²) in [6.07, 6.45) is 0. The average molecular weight is 375 g/mol. The molecule has 0 heterocycles. The molecule has 0 bridgehead atoms. The molecule has 0 aliphatic rings. The molecule has 0 aliphatic carbocycles. The first-order valence-electron chi connectivity index (χ1n) is 6.12. The molecule has 5 heteroatoms. The summed E-state index contributed by atoms with van der Waals surface area (Å²) in [5.74, 6) is 0.486. The molecule has 0 saturated heterocycles. The molecule has 0 amide bonds. The fourth-order valence-electron chi connectivity index (χ4n) is 1.85. The molecule has 0 spiro atoms. The normalized spacial score (nSPS) is 12.4. The second kappa shape index (κ2) is 7.46. The number of benzene rings is 2. The van der Waals surface area contributed by atoms with Crippen LogP contribution >= 0.6 is 39.3 Å². The van der Waals surface area contributed by atoms with E-state index < -0.39 is 0 Å². The van der Waals surface area contributed by atoms with Gasteiger partial charge in [0.2, 0.25) is 0 Å². The van der Waals surface area contributed by atoms with Gasteiger partial charge in [-0.2, -0.15) is 0 Å². The first-order valence-corrected chi connectivity index (χ1v) is 8.27. The van der Waals surface area contributed by atoms with E-state index in [0.717, 1.165) is 9.92 Å². The summed E-state index contributed by atoms with van der Waals surface area (Å²) in [6, 6.07) is 12.9. The molecule has 106 valence electrons. The maximum absolute atomic E-state index is 14.1. The van der Waals surface area contributed by atoms with Crippen LogP contribution in [-0.2, 0) is 0 Å². The summed E-state index contributed by atoms with van der Waals surface area (Å²) in [5.41, 5.74) is 0.654. The molecular weight excluding hydrogens is 361 g/mol. The van der Waals surface area contributed by atoms with Crippen molar-refractivity contribution >= 4 is 39.3 Å². The molecule has 1 nitrogen and oxygen atoms in total. The topological polar surface area (TPSA) is 12.0 Å². The first kappa shape index (κ1) is 15.8. The Labute approximate surface area is 136 Å². The minimum absolute atomic E-state index is 0.0752. The van der Waals surface area contributed by atoms with E-state index in [1.54, 1.807) is 23.9 Å². The molecule has 0 aromatic heterocycles. The van der Waals surface area contributed by atoms with Crippen LogP contribution in [0.5, 0.6) is 0 Å². The summed E-state index contributed by atoms with van der Waals surface area (Å²) < 4.78 is 14.6. The minimum atomic E-state index is -0.216. The molecule has 0 aliphatic heterocycles. The highest BCUT2D eigenvalue weighted by molar-refractivity contribution is 9.10. The Kier molecular flexibility index (Phi) is 5.90. The van der Waals surface area contributed by atoms with Gasteiger partial charge in [0.1, 0.15) is 5.82 Å². The van der Waals surface area contributed by atoms with Crippen molar-refractivity contribution in [3.05, 3.63) is 63.3 Å². The zero-order valence-electron chi connectivity index (χ0n) is 10.9. The Balaban J connectivity index is 2.14. The van der Waals surface area contributed by atoms with Crippen molar-refractivity contribution in [2.24, 2.45) is 0 Å². The number of thioether (sulfide) groups is 1. The third kappa shape index (κ3) is 3.76. The molecule has 2 aromatic carbocycles. The molecular formula is C15H14BrClFNS. The van der Waals surface area contributed by atoms with Crippen molar-refractivity contribution < 1.29 is 4.39 Å². The lowest BCUT2D eigenvalue weighted by atomic mass is 10.1. The van der Waals surface area contributed by atoms with E-state index in [9.17, 15) is 4.39 Å². The molecule has 20 heavy (non-hydrogen) atoms. The van der Waals surface area contributed by atoms with Crippen LogP contribution < -0.4 is 5.32 Å². The predicted octanol–water partition coefficient (Wildman–Crippen LogP) is 5.29. The molecule has 2 rings (SSSR count). The quantitative estimate of drug-likeness (QED) is 0.713. The van der Waals surface area contributed by atoms with Crippen LogP contribution in [0.4, 0.5) is 4.39 Å². The molecule has 0 fully saturated rings. The fraction of sp³-hybridized carbons (Fsp3) is 0.200. The van der Waals surface area contributed by atoms with Gasteiger partial charge < -0.3 is 5.32 Å². The van der Waals surface area contributed by atoms with Crippen molar-refractivity contribution in [3.8, 4) is 0 Å². The Hall–Kier alpha value is -0.550. The summed E-state index contributed by atoms with van der Waals surface area (Å²) in [7, 11) is 1.83. The number of rotatable bonds is 5. The first-order chi connectivity index (χ1) is 9.63. The lowest BCUT2D eigenvalue weighted by molar-refractivity contribution is 0.561. The van der Waals surface area contributed by atoms with Crippen LogP contribution in [0.2, 0.25) is 5.02 Å². The van der Waals surface area contributed by atoms with Crippen molar-refractivity contribution in [1.82, 2.24) is 5.32 Å². The number of nitrogens with one attached hydrogen (secondary N) is 1. The van der Waals surface area contributed by atoms with Crippen LogP contribution in [0.1, 0.15) is 11.6 Å². The largest absolute Gasteiger partial charge is 0.312 e. The smallest absolute Gasteiger partial charge is 0.142 e. The second-order valence-corrected chi connectivity index (χ2v) is 6.55. The molecule has 0 saturated carbocycles. The van der Waals surface area contributed by atoms with Gasteiger partial charge in [-0.3, -0.25) is 0 Å². The Morgan fingerprint density at radius 1 is 1.25 bits per heavy atom. The summed E-state index contributed by atoms with van der Waals surface area (Å²) in [4.78, 5) is 1.00. The van der Waals surface area contributed by atoms with Crippen LogP contribution in [0, 0.1) is 5.82 Å². The number of hydrogen-bond donors (Lipinski definition) is 1. The Bertz CT molecular complexity index is 594. The van der Waals surface area contributed by atoms with Gasteiger partial charge in [0, 0.05) is 22.3 Å². The van der Waals surface area contributed by atoms with E-state index in [1.807, 2.05) is 37.4 Å². The van der Waals surface area contributed by atoms with E-state index in [2.05, 4.69) is 21.2 Å². The van der Waals surface area contributed by atoms with Gasteiger partial charge in [0.05, 0.1) is 9.50 Å². The predicted molar refractivity (Wildman–Crippen MR) is 88.1 cm³/mol. The van der Waals surface area contributed by atoms with Crippen LogP contribution in [0.15, 0.2) is 51.8 Å². The Morgan fingerprint density at radius 3 is 2.70 bits per heavy atom. The maximum atomic E-state index is 14.1. The molecule has 0 radical (unpaired) electrons.